The highest BCUT2D eigenvalue weighted by Gasteiger charge is 2.09. The van der Waals surface area contributed by atoms with Crippen LogP contribution in [0.1, 0.15) is 54.3 Å². The number of aryl methyl sites for hydroxylation is 2. The van der Waals surface area contributed by atoms with Crippen molar-refractivity contribution in [2.75, 3.05) is 0 Å². The van der Waals surface area contributed by atoms with E-state index in [1.807, 2.05) is 6.21 Å². The average Bonchev–Trinajstić information content (AvgIpc) is 2.93. The van der Waals surface area contributed by atoms with E-state index in [4.69, 9.17) is 4.99 Å². The Kier molecular flexibility index (Phi) is 5.41. The molecule has 1 aromatic heterocycles. The molecule has 134 valence electrons. The fraction of sp³-hybridized carbons (Fsp3) is 0.292. The molecule has 3 aromatic rings. The zero-order valence-corrected chi connectivity index (χ0v) is 16.5. The van der Waals surface area contributed by atoms with Gasteiger partial charge in [-0.2, -0.15) is 0 Å². The lowest BCUT2D eigenvalue weighted by atomic mass is 9.99. The molecule has 2 aromatic carbocycles. The van der Waals surface area contributed by atoms with Crippen LogP contribution in [-0.2, 0) is 0 Å². The summed E-state index contributed by atoms with van der Waals surface area (Å²) >= 11 is 0. The van der Waals surface area contributed by atoms with Crippen molar-refractivity contribution in [3.8, 4) is 5.69 Å². The SMILES string of the molecule is CC[C@@H](C)c1ccc(N=Cc2cc(C)n(-c3cccc(C)c3)c2C)cc1. The predicted octanol–water partition coefficient (Wildman–Crippen LogP) is 6.67. The maximum Gasteiger partial charge on any atom is 0.0630 e. The van der Waals surface area contributed by atoms with Gasteiger partial charge in [-0.15, -0.1) is 0 Å². The van der Waals surface area contributed by atoms with Gasteiger partial charge in [0.05, 0.1) is 5.69 Å². The quantitative estimate of drug-likeness (QED) is 0.460. The van der Waals surface area contributed by atoms with Crippen molar-refractivity contribution in [3.63, 3.8) is 0 Å². The second-order valence-corrected chi connectivity index (χ2v) is 7.16. The Hall–Kier alpha value is -2.61. The van der Waals surface area contributed by atoms with Crippen molar-refractivity contribution in [2.45, 2.75) is 47.0 Å². The molecule has 1 heterocycles. The van der Waals surface area contributed by atoms with Crippen LogP contribution in [0.3, 0.4) is 0 Å². The van der Waals surface area contributed by atoms with E-state index in [1.165, 1.54) is 28.2 Å². The topological polar surface area (TPSA) is 17.3 Å². The first-order chi connectivity index (χ1) is 12.5. The summed E-state index contributed by atoms with van der Waals surface area (Å²) in [5, 5.41) is 0. The summed E-state index contributed by atoms with van der Waals surface area (Å²) < 4.78 is 2.29. The average molecular weight is 345 g/mol. The van der Waals surface area contributed by atoms with Crippen LogP contribution in [-0.4, -0.2) is 10.8 Å². The molecule has 0 saturated heterocycles. The molecule has 0 bridgehead atoms. The first-order valence-corrected chi connectivity index (χ1v) is 9.39. The molecule has 0 radical (unpaired) electrons. The molecule has 2 nitrogen and oxygen atoms in total. The van der Waals surface area contributed by atoms with Crippen LogP contribution < -0.4 is 0 Å². The third kappa shape index (κ3) is 3.80. The Morgan fingerprint density at radius 3 is 2.38 bits per heavy atom. The molecule has 0 aliphatic rings. The number of benzene rings is 2. The standard InChI is InChI=1S/C24H28N2/c1-6-18(3)21-10-12-23(13-11-21)25-16-22-15-19(4)26(20(22)5)24-9-7-8-17(2)14-24/h7-16,18H,6H2,1-5H3/t18-/m1/s1. The van der Waals surface area contributed by atoms with Gasteiger partial charge >= 0.3 is 0 Å². The van der Waals surface area contributed by atoms with E-state index in [0.29, 0.717) is 5.92 Å². The number of aliphatic imine (C=N–C) groups is 1. The third-order valence-electron chi connectivity index (χ3n) is 5.16. The Balaban J connectivity index is 1.87. The van der Waals surface area contributed by atoms with E-state index < -0.39 is 0 Å². The first kappa shape index (κ1) is 18.2. The van der Waals surface area contributed by atoms with Crippen LogP contribution in [0, 0.1) is 20.8 Å². The zero-order chi connectivity index (χ0) is 18.7. The van der Waals surface area contributed by atoms with Gasteiger partial charge in [-0.25, -0.2) is 0 Å². The van der Waals surface area contributed by atoms with Crippen LogP contribution in [0.5, 0.6) is 0 Å². The van der Waals surface area contributed by atoms with Crippen molar-refractivity contribution >= 4 is 11.9 Å². The smallest absolute Gasteiger partial charge is 0.0630 e. The van der Waals surface area contributed by atoms with Gasteiger partial charge in [-0.1, -0.05) is 38.1 Å². The Bertz CT molecular complexity index is 914. The van der Waals surface area contributed by atoms with E-state index in [9.17, 15) is 0 Å². The van der Waals surface area contributed by atoms with Gasteiger partial charge in [-0.3, -0.25) is 4.99 Å². The maximum atomic E-state index is 4.69. The molecule has 3 rings (SSSR count). The molecule has 0 aliphatic carbocycles. The van der Waals surface area contributed by atoms with Crippen molar-refractivity contribution in [1.82, 2.24) is 4.57 Å². The zero-order valence-electron chi connectivity index (χ0n) is 16.5. The number of hydrogen-bond acceptors (Lipinski definition) is 1. The van der Waals surface area contributed by atoms with Gasteiger partial charge in [-0.05, 0) is 74.6 Å². The molecule has 1 atom stereocenters. The van der Waals surface area contributed by atoms with Gasteiger partial charge in [0.2, 0.25) is 0 Å². The fourth-order valence-electron chi connectivity index (χ4n) is 3.35. The largest absolute Gasteiger partial charge is 0.318 e. The van der Waals surface area contributed by atoms with Gasteiger partial charge < -0.3 is 4.57 Å². The highest BCUT2D eigenvalue weighted by atomic mass is 15.0. The van der Waals surface area contributed by atoms with Crippen molar-refractivity contribution in [2.24, 2.45) is 4.99 Å². The van der Waals surface area contributed by atoms with E-state index in [-0.39, 0.29) is 0 Å². The van der Waals surface area contributed by atoms with Crippen molar-refractivity contribution in [1.29, 1.82) is 0 Å². The van der Waals surface area contributed by atoms with E-state index in [0.717, 1.165) is 17.7 Å². The Morgan fingerprint density at radius 1 is 1.00 bits per heavy atom. The molecular formula is C24H28N2. The summed E-state index contributed by atoms with van der Waals surface area (Å²) in [5.41, 5.74) is 8.45. The fourth-order valence-corrected chi connectivity index (χ4v) is 3.35. The lowest BCUT2D eigenvalue weighted by Crippen LogP contribution is -1.99. The molecule has 0 N–H and O–H groups in total. The summed E-state index contributed by atoms with van der Waals surface area (Å²) in [6, 6.07) is 19.4. The minimum absolute atomic E-state index is 0.598. The van der Waals surface area contributed by atoms with Crippen LogP contribution in [0.15, 0.2) is 59.6 Å². The lowest BCUT2D eigenvalue weighted by Gasteiger charge is -2.10. The van der Waals surface area contributed by atoms with Crippen molar-refractivity contribution < 1.29 is 0 Å². The van der Waals surface area contributed by atoms with Gasteiger partial charge in [0.15, 0.2) is 0 Å². The molecule has 26 heavy (non-hydrogen) atoms. The highest BCUT2D eigenvalue weighted by molar-refractivity contribution is 5.84. The van der Waals surface area contributed by atoms with Crippen LogP contribution in [0.25, 0.3) is 5.69 Å². The Labute approximate surface area is 157 Å². The van der Waals surface area contributed by atoms with Crippen LogP contribution in [0.2, 0.25) is 0 Å². The minimum atomic E-state index is 0.598. The summed E-state index contributed by atoms with van der Waals surface area (Å²) in [4.78, 5) is 4.69. The Morgan fingerprint density at radius 2 is 1.73 bits per heavy atom. The molecule has 0 saturated carbocycles. The van der Waals surface area contributed by atoms with Gasteiger partial charge in [0.25, 0.3) is 0 Å². The molecule has 0 amide bonds. The number of aromatic nitrogens is 1. The monoisotopic (exact) mass is 344 g/mol. The first-order valence-electron chi connectivity index (χ1n) is 9.39. The second-order valence-electron chi connectivity index (χ2n) is 7.16. The molecule has 0 unspecified atom stereocenters. The number of nitrogens with zero attached hydrogens (tertiary/aromatic N) is 2. The molecule has 0 fully saturated rings. The van der Waals surface area contributed by atoms with Gasteiger partial charge in [0.1, 0.15) is 0 Å². The van der Waals surface area contributed by atoms with E-state index in [2.05, 4.69) is 93.8 Å². The third-order valence-corrected chi connectivity index (χ3v) is 5.16. The lowest BCUT2D eigenvalue weighted by molar-refractivity contribution is 0.734. The molecule has 0 spiro atoms. The summed E-state index contributed by atoms with van der Waals surface area (Å²) in [7, 11) is 0. The van der Waals surface area contributed by atoms with Gasteiger partial charge in [0, 0.05) is 28.9 Å². The normalized spacial score (nSPS) is 12.7. The molecular weight excluding hydrogens is 316 g/mol. The number of hydrogen-bond donors (Lipinski definition) is 0. The van der Waals surface area contributed by atoms with Crippen LogP contribution >= 0.6 is 0 Å². The molecule has 2 heteroatoms. The minimum Gasteiger partial charge on any atom is -0.318 e. The summed E-state index contributed by atoms with van der Waals surface area (Å²) in [6.45, 7) is 10.9. The highest BCUT2D eigenvalue weighted by Crippen LogP contribution is 2.23. The second kappa shape index (κ2) is 7.74. The summed E-state index contributed by atoms with van der Waals surface area (Å²) in [6.07, 6.45) is 3.14. The summed E-state index contributed by atoms with van der Waals surface area (Å²) in [5.74, 6) is 0.598. The van der Waals surface area contributed by atoms with Crippen LogP contribution in [0.4, 0.5) is 5.69 Å². The van der Waals surface area contributed by atoms with Crippen molar-refractivity contribution in [3.05, 3.63) is 82.7 Å². The number of rotatable bonds is 5. The maximum absolute atomic E-state index is 4.69. The predicted molar refractivity (Wildman–Crippen MR) is 112 cm³/mol. The van der Waals surface area contributed by atoms with E-state index in [1.54, 1.807) is 0 Å². The van der Waals surface area contributed by atoms with E-state index >= 15 is 0 Å². The molecule has 0 aliphatic heterocycles.